The molecule has 4 rings (SSSR count). The van der Waals surface area contributed by atoms with Crippen molar-refractivity contribution in [3.63, 3.8) is 0 Å². The normalized spacial score (nSPS) is 18.0. The first-order valence-corrected chi connectivity index (χ1v) is 11.4. The van der Waals surface area contributed by atoms with Crippen LogP contribution >= 0.6 is 0 Å². The van der Waals surface area contributed by atoms with Crippen LogP contribution in [0.25, 0.3) is 0 Å². The van der Waals surface area contributed by atoms with E-state index in [0.717, 1.165) is 29.7 Å². The van der Waals surface area contributed by atoms with Crippen LogP contribution in [0.3, 0.4) is 0 Å². The van der Waals surface area contributed by atoms with Crippen LogP contribution in [-0.4, -0.2) is 30.1 Å². The Hall–Kier alpha value is -3.54. The van der Waals surface area contributed by atoms with Gasteiger partial charge < -0.3 is 19.9 Å². The second-order valence-corrected chi connectivity index (χ2v) is 8.30. The van der Waals surface area contributed by atoms with Crippen molar-refractivity contribution >= 4 is 11.8 Å². The van der Waals surface area contributed by atoms with E-state index < -0.39 is 11.9 Å². The summed E-state index contributed by atoms with van der Waals surface area (Å²) in [5.74, 6) is -0.642. The number of carbonyl (C=O) groups excluding carboxylic acids is 2. The van der Waals surface area contributed by atoms with E-state index in [0.29, 0.717) is 42.0 Å². The van der Waals surface area contributed by atoms with E-state index in [2.05, 4.69) is 5.32 Å². The van der Waals surface area contributed by atoms with Crippen LogP contribution in [0.15, 0.2) is 71.1 Å². The average Bonchev–Trinajstić information content (AvgIpc) is 2.80. The third-order valence-corrected chi connectivity index (χ3v) is 6.08. The minimum atomic E-state index is -0.571. The van der Waals surface area contributed by atoms with Gasteiger partial charge in [-0.1, -0.05) is 36.4 Å². The first kappa shape index (κ1) is 22.6. The number of nitrogens with one attached hydrogen (secondary N) is 1. The van der Waals surface area contributed by atoms with Crippen LogP contribution in [0.4, 0.5) is 0 Å². The number of esters is 1. The maximum absolute atomic E-state index is 13.3. The molecule has 0 radical (unpaired) electrons. The van der Waals surface area contributed by atoms with Crippen molar-refractivity contribution < 1.29 is 24.2 Å². The van der Waals surface area contributed by atoms with E-state index in [1.54, 1.807) is 18.2 Å². The summed E-state index contributed by atoms with van der Waals surface area (Å²) in [4.78, 5) is 26.3. The second-order valence-electron chi connectivity index (χ2n) is 8.30. The molecule has 0 unspecified atom stereocenters. The maximum atomic E-state index is 13.3. The first-order chi connectivity index (χ1) is 16.0. The Morgan fingerprint density at radius 1 is 1.15 bits per heavy atom. The fourth-order valence-electron chi connectivity index (χ4n) is 4.55. The lowest BCUT2D eigenvalue weighted by Crippen LogP contribution is -2.34. The van der Waals surface area contributed by atoms with Crippen LogP contribution < -0.4 is 10.1 Å². The summed E-state index contributed by atoms with van der Waals surface area (Å²) < 4.78 is 11.2. The molecule has 33 heavy (non-hydrogen) atoms. The zero-order valence-corrected chi connectivity index (χ0v) is 19.0. The molecular weight excluding hydrogens is 418 g/mol. The number of hydrogen-bond acceptors (Lipinski definition) is 6. The highest BCUT2D eigenvalue weighted by molar-refractivity contribution is 6.03. The van der Waals surface area contributed by atoms with Crippen LogP contribution in [0.2, 0.25) is 0 Å². The van der Waals surface area contributed by atoms with Gasteiger partial charge in [-0.2, -0.15) is 0 Å². The third-order valence-electron chi connectivity index (χ3n) is 6.08. The Balaban J connectivity index is 1.67. The molecule has 172 valence electrons. The van der Waals surface area contributed by atoms with E-state index >= 15 is 0 Å². The van der Waals surface area contributed by atoms with Crippen molar-refractivity contribution in [2.45, 2.75) is 45.4 Å². The summed E-state index contributed by atoms with van der Waals surface area (Å²) in [5.41, 5.74) is 4.38. The zero-order valence-electron chi connectivity index (χ0n) is 19.0. The molecule has 0 spiro atoms. The van der Waals surface area contributed by atoms with Gasteiger partial charge in [-0.15, -0.1) is 0 Å². The van der Waals surface area contributed by atoms with Crippen molar-refractivity contribution in [2.75, 3.05) is 13.2 Å². The van der Waals surface area contributed by atoms with Gasteiger partial charge in [0, 0.05) is 35.7 Å². The van der Waals surface area contributed by atoms with E-state index in [-0.39, 0.29) is 18.1 Å². The largest absolute Gasteiger partial charge is 0.504 e. The summed E-state index contributed by atoms with van der Waals surface area (Å²) in [6, 6.07) is 14.8. The number of ether oxygens (including phenoxy) is 2. The summed E-state index contributed by atoms with van der Waals surface area (Å²) >= 11 is 0. The SMILES string of the molecule is CCOc1cc([C@@H]2C(C(=O)OCCc3ccccc3)=C(C)NC3=C2C(=O)CCC3)ccc1O. The smallest absolute Gasteiger partial charge is 0.336 e. The van der Waals surface area contributed by atoms with Gasteiger partial charge in [-0.25, -0.2) is 4.79 Å². The molecular formula is C27H29NO5. The summed E-state index contributed by atoms with van der Waals surface area (Å²) in [7, 11) is 0. The lowest BCUT2D eigenvalue weighted by molar-refractivity contribution is -0.139. The van der Waals surface area contributed by atoms with Crippen molar-refractivity contribution in [1.29, 1.82) is 0 Å². The van der Waals surface area contributed by atoms with Crippen LogP contribution in [0.1, 0.15) is 50.2 Å². The topological polar surface area (TPSA) is 84.9 Å². The number of ketones is 1. The second kappa shape index (κ2) is 9.94. The Morgan fingerprint density at radius 2 is 1.94 bits per heavy atom. The fraction of sp³-hybridized carbons (Fsp3) is 0.333. The number of benzene rings is 2. The van der Waals surface area contributed by atoms with Crippen LogP contribution in [-0.2, 0) is 20.7 Å². The average molecular weight is 448 g/mol. The van der Waals surface area contributed by atoms with Crippen LogP contribution in [0, 0.1) is 0 Å². The molecule has 1 aliphatic heterocycles. The van der Waals surface area contributed by atoms with Crippen molar-refractivity contribution in [3.05, 3.63) is 82.2 Å². The van der Waals surface area contributed by atoms with Gasteiger partial charge in [-0.05, 0) is 49.9 Å². The molecule has 1 heterocycles. The van der Waals surface area contributed by atoms with Gasteiger partial charge in [0.1, 0.15) is 0 Å². The Morgan fingerprint density at radius 3 is 2.70 bits per heavy atom. The molecule has 2 aromatic carbocycles. The van der Waals surface area contributed by atoms with Crippen molar-refractivity contribution in [3.8, 4) is 11.5 Å². The lowest BCUT2D eigenvalue weighted by Gasteiger charge is -2.34. The number of rotatable bonds is 7. The molecule has 0 fully saturated rings. The quantitative estimate of drug-likeness (QED) is 0.606. The minimum Gasteiger partial charge on any atom is -0.504 e. The Kier molecular flexibility index (Phi) is 6.82. The number of aromatic hydroxyl groups is 1. The highest BCUT2D eigenvalue weighted by Gasteiger charge is 2.39. The van der Waals surface area contributed by atoms with E-state index in [1.807, 2.05) is 44.2 Å². The molecule has 0 aromatic heterocycles. The molecule has 6 heteroatoms. The molecule has 0 saturated heterocycles. The van der Waals surface area contributed by atoms with Gasteiger partial charge in [0.05, 0.1) is 18.8 Å². The fourth-order valence-corrected chi connectivity index (χ4v) is 4.55. The highest BCUT2D eigenvalue weighted by atomic mass is 16.5. The highest BCUT2D eigenvalue weighted by Crippen LogP contribution is 2.44. The van der Waals surface area contributed by atoms with Gasteiger partial charge in [0.2, 0.25) is 0 Å². The monoisotopic (exact) mass is 447 g/mol. The predicted molar refractivity (Wildman–Crippen MR) is 125 cm³/mol. The lowest BCUT2D eigenvalue weighted by atomic mass is 9.75. The van der Waals surface area contributed by atoms with Gasteiger partial charge >= 0.3 is 5.97 Å². The summed E-state index contributed by atoms with van der Waals surface area (Å²) in [6.07, 6.45) is 2.59. The number of allylic oxidation sites excluding steroid dienone is 3. The number of phenols is 1. The molecule has 2 aliphatic rings. The first-order valence-electron chi connectivity index (χ1n) is 11.4. The van der Waals surface area contributed by atoms with Crippen LogP contribution in [0.5, 0.6) is 11.5 Å². The molecule has 6 nitrogen and oxygen atoms in total. The van der Waals surface area contributed by atoms with E-state index in [4.69, 9.17) is 9.47 Å². The Labute approximate surface area is 193 Å². The van der Waals surface area contributed by atoms with Crippen molar-refractivity contribution in [1.82, 2.24) is 5.32 Å². The van der Waals surface area contributed by atoms with Gasteiger partial charge in [-0.3, -0.25) is 4.79 Å². The zero-order chi connectivity index (χ0) is 23.4. The van der Waals surface area contributed by atoms with E-state index in [1.165, 1.54) is 0 Å². The number of Topliss-reactive ketones (excluding diaryl/α,β-unsaturated/α-hetero) is 1. The third kappa shape index (κ3) is 4.80. The van der Waals surface area contributed by atoms with Gasteiger partial charge in [0.15, 0.2) is 17.3 Å². The summed E-state index contributed by atoms with van der Waals surface area (Å²) in [5, 5.41) is 13.5. The standard InChI is InChI=1S/C27H29NO5/c1-3-32-23-16-19(12-13-21(23)29)25-24(17(2)28-20-10-7-11-22(30)26(20)25)27(31)33-15-14-18-8-5-4-6-9-18/h4-6,8-9,12-13,16,25,28-29H,3,7,10-11,14-15H2,1-2H3/t25-/m1/s1. The molecule has 2 aromatic rings. The number of dihydropyridines is 1. The maximum Gasteiger partial charge on any atom is 0.336 e. The predicted octanol–water partition coefficient (Wildman–Crippen LogP) is 4.54. The number of phenolic OH excluding ortho intramolecular Hbond substituents is 1. The molecule has 2 N–H and O–H groups in total. The van der Waals surface area contributed by atoms with E-state index in [9.17, 15) is 14.7 Å². The van der Waals surface area contributed by atoms with Gasteiger partial charge in [0.25, 0.3) is 0 Å². The molecule has 1 atom stereocenters. The number of carbonyl (C=O) groups is 2. The molecule has 1 aliphatic carbocycles. The molecule has 0 amide bonds. The number of hydrogen-bond donors (Lipinski definition) is 2. The molecule has 0 saturated carbocycles. The minimum absolute atomic E-state index is 0.0198. The summed E-state index contributed by atoms with van der Waals surface area (Å²) in [6.45, 7) is 4.31. The molecule has 0 bridgehead atoms. The van der Waals surface area contributed by atoms with Crippen molar-refractivity contribution in [2.24, 2.45) is 0 Å². The Bertz CT molecular complexity index is 1120.